The summed E-state index contributed by atoms with van der Waals surface area (Å²) in [5.74, 6) is -0.216. The van der Waals surface area contributed by atoms with E-state index in [-0.39, 0.29) is 9.39 Å². The molecule has 0 saturated carbocycles. The lowest BCUT2D eigenvalue weighted by Gasteiger charge is -2.20. The number of rotatable bonds is 1. The van der Waals surface area contributed by atoms with E-state index in [0.29, 0.717) is 0 Å². The van der Waals surface area contributed by atoms with Crippen LogP contribution in [0.2, 0.25) is 0 Å². The molecule has 9 heteroatoms. The van der Waals surface area contributed by atoms with E-state index in [9.17, 15) is 23.1 Å². The van der Waals surface area contributed by atoms with Gasteiger partial charge in [0.05, 0.1) is 11.6 Å². The van der Waals surface area contributed by atoms with Crippen molar-refractivity contribution in [2.24, 2.45) is 0 Å². The minimum atomic E-state index is -4.54. The number of aliphatic hydroxyl groups excluding tert-OH is 1. The van der Waals surface area contributed by atoms with E-state index < -0.39 is 30.0 Å². The normalized spacial score (nSPS) is 23.6. The molecule has 1 aliphatic rings. The van der Waals surface area contributed by atoms with E-state index >= 15 is 0 Å². The van der Waals surface area contributed by atoms with Gasteiger partial charge in [-0.3, -0.25) is 0 Å². The number of hydrogen-bond donors (Lipinski definition) is 1. The number of carbonyl (C=O) groups excluding carboxylic acids is 1. The van der Waals surface area contributed by atoms with E-state index in [2.05, 4.69) is 4.98 Å². The predicted molar refractivity (Wildman–Crippen MR) is 73.1 cm³/mol. The minimum Gasteiger partial charge on any atom is -0.371 e. The van der Waals surface area contributed by atoms with Gasteiger partial charge >= 0.3 is 12.2 Å². The number of carbonyl (C=O) groups is 1. The van der Waals surface area contributed by atoms with Crippen molar-refractivity contribution >= 4 is 34.4 Å². The first kappa shape index (κ1) is 15.3. The smallest absolute Gasteiger partial charge is 0.371 e. The fraction of sp³-hybridized carbons (Fsp3) is 0.455. The monoisotopic (exact) mass is 401 g/mol. The second-order valence-electron chi connectivity index (χ2n) is 4.44. The number of alkyl halides is 3. The molecule has 0 bridgehead atoms. The highest BCUT2D eigenvalue weighted by Crippen LogP contribution is 2.35. The first-order valence-electron chi connectivity index (χ1n) is 5.61. The van der Waals surface area contributed by atoms with Gasteiger partial charge in [0.1, 0.15) is 5.82 Å². The molecule has 2 unspecified atom stereocenters. The molecule has 1 saturated heterocycles. The zero-order valence-electron chi connectivity index (χ0n) is 10.5. The molecule has 2 heterocycles. The van der Waals surface area contributed by atoms with Crippen molar-refractivity contribution in [2.75, 3.05) is 11.9 Å². The van der Waals surface area contributed by atoms with E-state index in [1.807, 2.05) is 0 Å². The third-order valence-corrected chi connectivity index (χ3v) is 4.07. The summed E-state index contributed by atoms with van der Waals surface area (Å²) in [5.41, 5.74) is -0.884. The van der Waals surface area contributed by atoms with Gasteiger partial charge in [-0.15, -0.1) is 0 Å². The van der Waals surface area contributed by atoms with Crippen molar-refractivity contribution in [2.45, 2.75) is 25.4 Å². The average Bonchev–Trinajstić information content (AvgIpc) is 2.54. The zero-order chi connectivity index (χ0) is 15.2. The molecule has 0 spiro atoms. The molecule has 1 fully saturated rings. The van der Waals surface area contributed by atoms with Crippen LogP contribution in [0.3, 0.4) is 0 Å². The highest BCUT2D eigenvalue weighted by atomic mass is 127. The molecular formula is C11H11F3IN3O2. The molecule has 110 valence electrons. The number of amides is 2. The Morgan fingerprint density at radius 2 is 2.05 bits per heavy atom. The standard InChI is InChI=1S/C11H11F3IN3O2/c1-5-9(19)18(10(20)17(5)2)8-3-6(11(12,13)14)7(15)4-16-8/h3-5,9,19H,1-2H3. The van der Waals surface area contributed by atoms with Crippen molar-refractivity contribution in [3.05, 3.63) is 21.4 Å². The summed E-state index contributed by atoms with van der Waals surface area (Å²) in [6.07, 6.45) is -4.75. The van der Waals surface area contributed by atoms with Crippen LogP contribution in [0, 0.1) is 3.57 Å². The van der Waals surface area contributed by atoms with Crippen molar-refractivity contribution in [3.8, 4) is 0 Å². The minimum absolute atomic E-state index is 0.0682. The third kappa shape index (κ3) is 2.43. The summed E-state index contributed by atoms with van der Waals surface area (Å²) in [5, 5.41) is 9.96. The van der Waals surface area contributed by atoms with Crippen LogP contribution in [0.15, 0.2) is 12.3 Å². The lowest BCUT2D eigenvalue weighted by molar-refractivity contribution is -0.138. The summed E-state index contributed by atoms with van der Waals surface area (Å²) < 4.78 is 38.5. The number of aliphatic hydroxyl groups is 1. The molecule has 5 nitrogen and oxygen atoms in total. The molecule has 2 amide bonds. The average molecular weight is 401 g/mol. The maximum Gasteiger partial charge on any atom is 0.417 e. The summed E-state index contributed by atoms with van der Waals surface area (Å²) in [6.45, 7) is 1.60. The third-order valence-electron chi connectivity index (χ3n) is 3.21. The van der Waals surface area contributed by atoms with Gasteiger partial charge in [0.25, 0.3) is 0 Å². The Kier molecular flexibility index (Phi) is 3.84. The van der Waals surface area contributed by atoms with Gasteiger partial charge in [-0.2, -0.15) is 13.2 Å². The molecule has 20 heavy (non-hydrogen) atoms. The van der Waals surface area contributed by atoms with Crippen molar-refractivity contribution < 1.29 is 23.1 Å². The van der Waals surface area contributed by atoms with Crippen LogP contribution >= 0.6 is 22.6 Å². The van der Waals surface area contributed by atoms with E-state index in [1.165, 1.54) is 34.5 Å². The number of urea groups is 1. The second-order valence-corrected chi connectivity index (χ2v) is 5.60. The van der Waals surface area contributed by atoms with Gasteiger partial charge in [-0.05, 0) is 35.6 Å². The SMILES string of the molecule is CC1C(O)N(c2cc(C(F)(F)F)c(I)cn2)C(=O)N1C. The number of nitrogens with zero attached hydrogens (tertiary/aromatic N) is 3. The van der Waals surface area contributed by atoms with Gasteiger partial charge in [-0.25, -0.2) is 14.7 Å². The quantitative estimate of drug-likeness (QED) is 0.735. The fourth-order valence-electron chi connectivity index (χ4n) is 1.88. The van der Waals surface area contributed by atoms with Gasteiger partial charge in [0, 0.05) is 16.8 Å². The molecule has 0 aliphatic carbocycles. The summed E-state index contributed by atoms with van der Waals surface area (Å²) >= 11 is 1.53. The molecule has 1 N–H and O–H groups in total. The first-order chi connectivity index (χ1) is 9.14. The molecule has 2 atom stereocenters. The Morgan fingerprint density at radius 1 is 1.45 bits per heavy atom. The van der Waals surface area contributed by atoms with Crippen molar-refractivity contribution in [1.82, 2.24) is 9.88 Å². The van der Waals surface area contributed by atoms with Crippen LogP contribution in [0.4, 0.5) is 23.8 Å². The lowest BCUT2D eigenvalue weighted by Crippen LogP contribution is -2.36. The van der Waals surface area contributed by atoms with E-state index in [4.69, 9.17) is 0 Å². The predicted octanol–water partition coefficient (Wildman–Crippen LogP) is 2.28. The number of anilines is 1. The highest BCUT2D eigenvalue weighted by Gasteiger charge is 2.43. The van der Waals surface area contributed by atoms with Gasteiger partial charge in [0.15, 0.2) is 6.23 Å². The number of likely N-dealkylation sites (N-methyl/N-ethyl adjacent to an activating group) is 1. The number of aromatic nitrogens is 1. The number of hydrogen-bond acceptors (Lipinski definition) is 3. The van der Waals surface area contributed by atoms with Crippen molar-refractivity contribution in [1.29, 1.82) is 0 Å². The topological polar surface area (TPSA) is 56.7 Å². The van der Waals surface area contributed by atoms with Crippen LogP contribution in [0.25, 0.3) is 0 Å². The largest absolute Gasteiger partial charge is 0.417 e. The first-order valence-corrected chi connectivity index (χ1v) is 6.69. The van der Waals surface area contributed by atoms with E-state index in [1.54, 1.807) is 6.92 Å². The van der Waals surface area contributed by atoms with Gasteiger partial charge < -0.3 is 10.0 Å². The molecule has 0 aromatic carbocycles. The summed E-state index contributed by atoms with van der Waals surface area (Å²) in [7, 11) is 1.47. The molecule has 1 aromatic rings. The molecule has 0 radical (unpaired) electrons. The Hall–Kier alpha value is -1.10. The van der Waals surface area contributed by atoms with Crippen LogP contribution in [-0.4, -0.2) is 40.3 Å². The molecule has 2 rings (SSSR count). The Balaban J connectivity index is 2.47. The molecular weight excluding hydrogens is 390 g/mol. The van der Waals surface area contributed by atoms with Gasteiger partial charge in [0.2, 0.25) is 0 Å². The summed E-state index contributed by atoms with van der Waals surface area (Å²) in [4.78, 5) is 17.9. The van der Waals surface area contributed by atoms with Gasteiger partial charge in [-0.1, -0.05) is 0 Å². The fourth-order valence-corrected chi connectivity index (χ4v) is 2.48. The van der Waals surface area contributed by atoms with E-state index in [0.717, 1.165) is 17.2 Å². The van der Waals surface area contributed by atoms with Crippen LogP contribution in [0.5, 0.6) is 0 Å². The van der Waals surface area contributed by atoms with Crippen LogP contribution < -0.4 is 4.90 Å². The molecule has 1 aromatic heterocycles. The second kappa shape index (κ2) is 5.02. The number of halogens is 4. The van der Waals surface area contributed by atoms with Crippen molar-refractivity contribution in [3.63, 3.8) is 0 Å². The maximum absolute atomic E-state index is 12.9. The maximum atomic E-state index is 12.9. The zero-order valence-corrected chi connectivity index (χ0v) is 12.7. The highest BCUT2D eigenvalue weighted by molar-refractivity contribution is 14.1. The Labute approximate surface area is 126 Å². The Morgan fingerprint density at radius 3 is 2.50 bits per heavy atom. The molecule has 1 aliphatic heterocycles. The number of pyridine rings is 1. The Bertz CT molecular complexity index is 552. The lowest BCUT2D eigenvalue weighted by atomic mass is 10.2. The summed E-state index contributed by atoms with van der Waals surface area (Å²) in [6, 6.07) is -0.348. The van der Waals surface area contributed by atoms with Crippen LogP contribution in [0.1, 0.15) is 12.5 Å². The van der Waals surface area contributed by atoms with Crippen LogP contribution in [-0.2, 0) is 6.18 Å².